The minimum Gasteiger partial charge on any atom is -0.493 e. The number of hydrogen-bond acceptors (Lipinski definition) is 6. The number of aliphatic imine (C=N–C) groups is 1. The molecule has 5 aliphatic rings. The van der Waals surface area contributed by atoms with Crippen LogP contribution in [0.2, 0.25) is 0 Å². The summed E-state index contributed by atoms with van der Waals surface area (Å²) in [5, 5.41) is 3.22. The lowest BCUT2D eigenvalue weighted by molar-refractivity contribution is -0.130. The fraction of sp³-hybridized carbons (Fsp3) is 0.464. The maximum absolute atomic E-state index is 13.4. The van der Waals surface area contributed by atoms with Crippen molar-refractivity contribution in [3.8, 4) is 11.5 Å². The van der Waals surface area contributed by atoms with E-state index in [1.54, 1.807) is 11.0 Å². The van der Waals surface area contributed by atoms with Crippen LogP contribution in [0.25, 0.3) is 0 Å². The molecule has 0 saturated heterocycles. The zero-order valence-corrected chi connectivity index (χ0v) is 20.4. The maximum Gasteiger partial charge on any atom is 0.251 e. The number of aryl methyl sites for hydroxylation is 1. The molecule has 0 aromatic heterocycles. The fourth-order valence-electron chi connectivity index (χ4n) is 5.89. The van der Waals surface area contributed by atoms with Gasteiger partial charge in [0.25, 0.3) is 5.91 Å². The van der Waals surface area contributed by atoms with E-state index in [4.69, 9.17) is 20.2 Å². The predicted octanol–water partition coefficient (Wildman–Crippen LogP) is 3.80. The van der Waals surface area contributed by atoms with E-state index in [0.29, 0.717) is 37.4 Å². The van der Waals surface area contributed by atoms with Crippen LogP contribution in [0.5, 0.6) is 11.5 Å². The lowest BCUT2D eigenvalue weighted by atomic mass is 9.94. The number of guanidine groups is 1. The van der Waals surface area contributed by atoms with Crippen molar-refractivity contribution in [1.29, 1.82) is 0 Å². The Morgan fingerprint density at radius 2 is 1.72 bits per heavy atom. The molecule has 0 saturated carbocycles. The van der Waals surface area contributed by atoms with Crippen LogP contribution in [0.1, 0.15) is 84.1 Å². The van der Waals surface area contributed by atoms with E-state index in [9.17, 15) is 9.59 Å². The predicted molar refractivity (Wildman–Crippen MR) is 135 cm³/mol. The zero-order chi connectivity index (χ0) is 24.6. The molecular weight excluding hydrogens is 456 g/mol. The minimum absolute atomic E-state index is 0.0103. The van der Waals surface area contributed by atoms with Crippen molar-refractivity contribution in [3.63, 3.8) is 0 Å². The quantitative estimate of drug-likeness (QED) is 0.587. The molecule has 0 aliphatic carbocycles. The van der Waals surface area contributed by atoms with E-state index in [2.05, 4.69) is 17.4 Å². The lowest BCUT2D eigenvalue weighted by Crippen LogP contribution is -2.50. The first-order valence-electron chi connectivity index (χ1n) is 13.1. The second kappa shape index (κ2) is 9.48. The summed E-state index contributed by atoms with van der Waals surface area (Å²) in [7, 11) is 0. The number of amides is 2. The third kappa shape index (κ3) is 4.29. The Bertz CT molecular complexity index is 1230. The van der Waals surface area contributed by atoms with Crippen molar-refractivity contribution in [2.24, 2.45) is 10.7 Å². The number of carbonyl (C=O) groups is 2. The highest BCUT2D eigenvalue weighted by Crippen LogP contribution is 2.39. The fourth-order valence-corrected chi connectivity index (χ4v) is 5.89. The first-order chi connectivity index (χ1) is 17.6. The smallest absolute Gasteiger partial charge is 0.251 e. The molecule has 2 unspecified atom stereocenters. The molecule has 7 rings (SSSR count). The van der Waals surface area contributed by atoms with Gasteiger partial charge in [-0.2, -0.15) is 0 Å². The van der Waals surface area contributed by atoms with Gasteiger partial charge in [-0.1, -0.05) is 25.0 Å². The van der Waals surface area contributed by atoms with E-state index in [1.165, 1.54) is 5.56 Å². The van der Waals surface area contributed by atoms with Crippen LogP contribution in [0.15, 0.2) is 41.4 Å². The van der Waals surface area contributed by atoms with Gasteiger partial charge < -0.3 is 20.5 Å². The van der Waals surface area contributed by atoms with Crippen molar-refractivity contribution in [2.45, 2.75) is 69.5 Å². The molecule has 0 radical (unpaired) electrons. The van der Waals surface area contributed by atoms with Gasteiger partial charge in [-0.15, -0.1) is 0 Å². The molecule has 6 bridgehead atoms. The molecule has 8 heteroatoms. The molecule has 3 N–H and O–H groups in total. The summed E-state index contributed by atoms with van der Waals surface area (Å²) in [6.07, 6.45) is 6.62. The van der Waals surface area contributed by atoms with Crippen LogP contribution >= 0.6 is 0 Å². The Balaban J connectivity index is 1.38. The van der Waals surface area contributed by atoms with Crippen LogP contribution in [0.4, 0.5) is 0 Å². The molecule has 0 spiro atoms. The highest BCUT2D eigenvalue weighted by molar-refractivity contribution is 5.99. The average molecular weight is 489 g/mol. The van der Waals surface area contributed by atoms with Crippen LogP contribution in [-0.2, 0) is 11.2 Å². The third-order valence-corrected chi connectivity index (χ3v) is 7.75. The van der Waals surface area contributed by atoms with E-state index in [0.717, 1.165) is 55.4 Å². The number of nitrogens with two attached hydrogens (primary N) is 1. The summed E-state index contributed by atoms with van der Waals surface area (Å²) in [4.78, 5) is 33.0. The second-order valence-electron chi connectivity index (χ2n) is 10.1. The normalized spacial score (nSPS) is 25.9. The molecule has 36 heavy (non-hydrogen) atoms. The maximum atomic E-state index is 13.4. The summed E-state index contributed by atoms with van der Waals surface area (Å²) in [5.41, 5.74) is 9.99. The third-order valence-electron chi connectivity index (χ3n) is 7.75. The van der Waals surface area contributed by atoms with Crippen molar-refractivity contribution in [2.75, 3.05) is 13.2 Å². The number of nitrogens with zero attached hydrogens (tertiary/aromatic N) is 2. The van der Waals surface area contributed by atoms with E-state index >= 15 is 0 Å². The number of rotatable bonds is 0. The van der Waals surface area contributed by atoms with Gasteiger partial charge in [-0.25, -0.2) is 4.99 Å². The molecule has 2 aromatic rings. The number of carbonyl (C=O) groups excluding carboxylic acids is 2. The molecule has 2 aromatic carbocycles. The summed E-state index contributed by atoms with van der Waals surface area (Å²) in [6, 6.07) is 11.3. The van der Waals surface area contributed by atoms with E-state index in [1.807, 2.05) is 18.2 Å². The van der Waals surface area contributed by atoms with Crippen molar-refractivity contribution >= 4 is 17.8 Å². The first-order valence-corrected chi connectivity index (χ1v) is 13.1. The van der Waals surface area contributed by atoms with Crippen LogP contribution in [-0.4, -0.2) is 41.9 Å². The molecule has 3 atom stereocenters. The number of fused-ring (bicyclic) bond motifs is 6. The molecule has 2 amide bonds. The van der Waals surface area contributed by atoms with Gasteiger partial charge >= 0.3 is 0 Å². The molecule has 5 aliphatic heterocycles. The van der Waals surface area contributed by atoms with Crippen molar-refractivity contribution in [3.05, 3.63) is 58.7 Å². The number of nitrogens with one attached hydrogen (secondary N) is 1. The zero-order valence-electron chi connectivity index (χ0n) is 20.4. The Kier molecular flexibility index (Phi) is 6.03. The Labute approximate surface area is 210 Å². The van der Waals surface area contributed by atoms with Gasteiger partial charge in [0.1, 0.15) is 11.5 Å². The summed E-state index contributed by atoms with van der Waals surface area (Å²) < 4.78 is 11.8. The van der Waals surface area contributed by atoms with Gasteiger partial charge in [0.15, 0.2) is 5.96 Å². The lowest BCUT2D eigenvalue weighted by Gasteiger charge is -2.38. The van der Waals surface area contributed by atoms with Gasteiger partial charge in [0.2, 0.25) is 5.91 Å². The Hall–Kier alpha value is -3.55. The van der Waals surface area contributed by atoms with Gasteiger partial charge in [0.05, 0.1) is 31.3 Å². The van der Waals surface area contributed by atoms with Gasteiger partial charge in [-0.05, 0) is 49.1 Å². The average Bonchev–Trinajstić information content (AvgIpc) is 2.88. The standard InChI is InChI=1S/C28H32N4O4/c29-28-30-19-5-3-1-2-4-17-6-8-24-20(14-17)22(10-12-35-24)31-27(34)18-7-9-25-21(15-18)23(11-13-36-25)32(28)26(33)16-19/h6-9,14-15,19,22-23H,1-5,10-13,16H2,(H2,29,30)(H,31,34)/t19?,22?,23-/m1/s1. The van der Waals surface area contributed by atoms with E-state index < -0.39 is 0 Å². The van der Waals surface area contributed by atoms with E-state index in [-0.39, 0.29) is 35.9 Å². The van der Waals surface area contributed by atoms with Gasteiger partial charge in [0, 0.05) is 36.0 Å². The number of benzene rings is 2. The van der Waals surface area contributed by atoms with Gasteiger partial charge in [-0.3, -0.25) is 14.5 Å². The monoisotopic (exact) mass is 488 g/mol. The minimum atomic E-state index is -0.299. The van der Waals surface area contributed by atoms with Crippen LogP contribution in [0, 0.1) is 0 Å². The highest BCUT2D eigenvalue weighted by Gasteiger charge is 2.37. The van der Waals surface area contributed by atoms with Crippen molar-refractivity contribution < 1.29 is 19.1 Å². The van der Waals surface area contributed by atoms with Crippen LogP contribution < -0.4 is 20.5 Å². The molecular formula is C28H32N4O4. The van der Waals surface area contributed by atoms with Crippen molar-refractivity contribution in [1.82, 2.24) is 10.2 Å². The largest absolute Gasteiger partial charge is 0.493 e. The molecule has 0 fully saturated rings. The highest BCUT2D eigenvalue weighted by atomic mass is 16.5. The summed E-state index contributed by atoms with van der Waals surface area (Å²) in [6.45, 7) is 1.04. The second-order valence-corrected chi connectivity index (χ2v) is 10.1. The first kappa shape index (κ1) is 22.9. The SMILES string of the molecule is NC1=NC2CCCCCc3ccc4c(c3)C(CCO4)NC(=O)c3ccc4c(c3)[C@@H](CCO4)N1C(=O)C2. The summed E-state index contributed by atoms with van der Waals surface area (Å²) >= 11 is 0. The molecule has 5 heterocycles. The Morgan fingerprint density at radius 3 is 2.58 bits per heavy atom. The summed E-state index contributed by atoms with van der Waals surface area (Å²) in [5.74, 6) is 1.62. The molecule has 8 nitrogen and oxygen atoms in total. The van der Waals surface area contributed by atoms with Crippen LogP contribution in [0.3, 0.4) is 0 Å². The Morgan fingerprint density at radius 1 is 0.917 bits per heavy atom. The number of ether oxygens (including phenoxy) is 2. The number of hydrogen-bond donors (Lipinski definition) is 2. The molecule has 188 valence electrons. The topological polar surface area (TPSA) is 106 Å².